The van der Waals surface area contributed by atoms with Gasteiger partial charge in [0, 0.05) is 5.56 Å². The summed E-state index contributed by atoms with van der Waals surface area (Å²) in [6.07, 6.45) is 1.72. The largest absolute Gasteiger partial charge is 0.488 e. The second kappa shape index (κ2) is 11.2. The molecule has 0 fully saturated rings. The van der Waals surface area contributed by atoms with Crippen molar-refractivity contribution in [3.63, 3.8) is 0 Å². The number of thiazole rings is 1. The maximum atomic E-state index is 13.8. The fourth-order valence-corrected chi connectivity index (χ4v) is 5.40. The number of fused-ring (bicyclic) bond motifs is 1. The third-order valence-electron chi connectivity index (χ3n) is 6.22. The van der Waals surface area contributed by atoms with Gasteiger partial charge < -0.3 is 9.47 Å². The third-order valence-corrected chi connectivity index (χ3v) is 7.20. The van der Waals surface area contributed by atoms with Gasteiger partial charge in [0.25, 0.3) is 5.56 Å². The highest BCUT2D eigenvalue weighted by Crippen LogP contribution is 2.31. The van der Waals surface area contributed by atoms with Crippen LogP contribution < -0.4 is 19.6 Å². The molecule has 1 aliphatic heterocycles. The van der Waals surface area contributed by atoms with E-state index < -0.39 is 17.8 Å². The van der Waals surface area contributed by atoms with Crippen LogP contribution in [0, 0.1) is 11.6 Å². The molecule has 3 aromatic carbocycles. The first-order valence-electron chi connectivity index (χ1n) is 12.3. The van der Waals surface area contributed by atoms with E-state index in [9.17, 15) is 18.4 Å². The normalized spacial score (nSPS) is 15.1. The van der Waals surface area contributed by atoms with E-state index in [-0.39, 0.29) is 30.2 Å². The van der Waals surface area contributed by atoms with Gasteiger partial charge in [-0.3, -0.25) is 9.36 Å². The number of hydrogen-bond acceptors (Lipinski definition) is 6. The quantitative estimate of drug-likeness (QED) is 0.317. The maximum absolute atomic E-state index is 13.8. The molecule has 2 heterocycles. The Morgan fingerprint density at radius 1 is 1.03 bits per heavy atom. The molecule has 198 valence electrons. The molecule has 4 aromatic rings. The van der Waals surface area contributed by atoms with Crippen LogP contribution in [0.2, 0.25) is 0 Å². The molecule has 1 aromatic heterocycles. The summed E-state index contributed by atoms with van der Waals surface area (Å²) in [7, 11) is 0. The van der Waals surface area contributed by atoms with E-state index in [2.05, 4.69) is 4.99 Å². The smallest absolute Gasteiger partial charge is 0.338 e. The van der Waals surface area contributed by atoms with Crippen LogP contribution in [0.15, 0.2) is 93.9 Å². The number of ether oxygens (including phenoxy) is 2. The Morgan fingerprint density at radius 2 is 1.69 bits per heavy atom. The van der Waals surface area contributed by atoms with Gasteiger partial charge in [0.05, 0.1) is 28.5 Å². The third kappa shape index (κ3) is 5.44. The first-order chi connectivity index (χ1) is 18.9. The Balaban J connectivity index is 1.59. The number of esters is 1. The lowest BCUT2D eigenvalue weighted by Crippen LogP contribution is -2.39. The SMILES string of the molecule is CCOC(=O)C1=C(C)N=c2s/c(=C\c3ccccc3OCc3ccc(F)cc3)c(=O)n2[C@@H]1c1ccc(F)cc1. The van der Waals surface area contributed by atoms with Crippen molar-refractivity contribution < 1.29 is 23.0 Å². The van der Waals surface area contributed by atoms with E-state index >= 15 is 0 Å². The lowest BCUT2D eigenvalue weighted by Gasteiger charge is -2.24. The maximum Gasteiger partial charge on any atom is 0.338 e. The molecule has 9 heteroatoms. The number of carbonyl (C=O) groups is 1. The summed E-state index contributed by atoms with van der Waals surface area (Å²) in [4.78, 5) is 31.7. The average molecular weight is 547 g/mol. The van der Waals surface area contributed by atoms with Gasteiger partial charge in [0.15, 0.2) is 4.80 Å². The van der Waals surface area contributed by atoms with Gasteiger partial charge in [0.2, 0.25) is 0 Å². The summed E-state index contributed by atoms with van der Waals surface area (Å²) in [5.41, 5.74) is 2.33. The van der Waals surface area contributed by atoms with Crippen LogP contribution in [0.4, 0.5) is 8.78 Å². The lowest BCUT2D eigenvalue weighted by atomic mass is 9.96. The molecule has 0 radical (unpaired) electrons. The molecule has 1 aliphatic rings. The van der Waals surface area contributed by atoms with Gasteiger partial charge in [-0.25, -0.2) is 18.6 Å². The summed E-state index contributed by atoms with van der Waals surface area (Å²) < 4.78 is 40.1. The average Bonchev–Trinajstić information content (AvgIpc) is 3.23. The number of rotatable bonds is 7. The molecule has 39 heavy (non-hydrogen) atoms. The second-order valence-corrected chi connectivity index (χ2v) is 9.82. The molecule has 0 saturated heterocycles. The van der Waals surface area contributed by atoms with Gasteiger partial charge >= 0.3 is 5.97 Å². The number of aromatic nitrogens is 1. The second-order valence-electron chi connectivity index (χ2n) is 8.81. The van der Waals surface area contributed by atoms with Crippen molar-refractivity contribution in [1.29, 1.82) is 0 Å². The topological polar surface area (TPSA) is 69.9 Å². The van der Waals surface area contributed by atoms with E-state index in [1.807, 2.05) is 18.2 Å². The monoisotopic (exact) mass is 546 g/mol. The van der Waals surface area contributed by atoms with E-state index in [4.69, 9.17) is 9.47 Å². The zero-order valence-corrected chi connectivity index (χ0v) is 22.0. The number of benzene rings is 3. The van der Waals surface area contributed by atoms with Crippen molar-refractivity contribution in [3.8, 4) is 5.75 Å². The summed E-state index contributed by atoms with van der Waals surface area (Å²) >= 11 is 1.18. The highest BCUT2D eigenvalue weighted by atomic mass is 32.1. The Kier molecular flexibility index (Phi) is 7.51. The molecular weight excluding hydrogens is 522 g/mol. The highest BCUT2D eigenvalue weighted by Gasteiger charge is 2.33. The van der Waals surface area contributed by atoms with Crippen LogP contribution in [0.1, 0.15) is 36.6 Å². The van der Waals surface area contributed by atoms with Gasteiger partial charge in [0.1, 0.15) is 24.0 Å². The lowest BCUT2D eigenvalue weighted by molar-refractivity contribution is -0.139. The van der Waals surface area contributed by atoms with Crippen LogP contribution in [-0.4, -0.2) is 17.1 Å². The number of para-hydroxylation sites is 1. The van der Waals surface area contributed by atoms with Gasteiger partial charge in [-0.2, -0.15) is 0 Å². The van der Waals surface area contributed by atoms with Crippen molar-refractivity contribution >= 4 is 23.4 Å². The predicted octanol–water partition coefficient (Wildman–Crippen LogP) is 4.66. The summed E-state index contributed by atoms with van der Waals surface area (Å²) in [5.74, 6) is -0.787. The Morgan fingerprint density at radius 3 is 2.38 bits per heavy atom. The first-order valence-corrected chi connectivity index (χ1v) is 13.1. The van der Waals surface area contributed by atoms with E-state index in [1.54, 1.807) is 50.3 Å². The van der Waals surface area contributed by atoms with Crippen LogP contribution in [0.3, 0.4) is 0 Å². The van der Waals surface area contributed by atoms with Gasteiger partial charge in [-0.05, 0) is 61.4 Å². The van der Waals surface area contributed by atoms with Crippen molar-refractivity contribution in [2.45, 2.75) is 26.5 Å². The Labute approximate surface area is 226 Å². The number of carbonyl (C=O) groups excluding carboxylic acids is 1. The van der Waals surface area contributed by atoms with E-state index in [1.165, 1.54) is 40.2 Å². The minimum absolute atomic E-state index is 0.158. The fraction of sp³-hybridized carbons (Fsp3) is 0.167. The van der Waals surface area contributed by atoms with E-state index in [0.717, 1.165) is 5.56 Å². The van der Waals surface area contributed by atoms with Crippen molar-refractivity contribution in [1.82, 2.24) is 4.57 Å². The van der Waals surface area contributed by atoms with Gasteiger partial charge in [-0.1, -0.05) is 53.8 Å². The van der Waals surface area contributed by atoms with Crippen LogP contribution in [0.25, 0.3) is 6.08 Å². The first kappa shape index (κ1) is 26.2. The molecule has 5 rings (SSSR count). The fourth-order valence-electron chi connectivity index (χ4n) is 4.37. The van der Waals surface area contributed by atoms with Crippen LogP contribution in [-0.2, 0) is 16.1 Å². The number of allylic oxidation sites excluding steroid dienone is 1. The summed E-state index contributed by atoms with van der Waals surface area (Å²) in [6.45, 7) is 3.77. The molecule has 1 atom stereocenters. The summed E-state index contributed by atoms with van der Waals surface area (Å²) in [6, 6.07) is 18.2. The van der Waals surface area contributed by atoms with Crippen LogP contribution >= 0.6 is 11.3 Å². The predicted molar refractivity (Wildman–Crippen MR) is 144 cm³/mol. The molecule has 0 unspecified atom stereocenters. The standard InChI is InChI=1S/C30H24F2N2O4S/c1-3-37-29(36)26-18(2)33-30-34(27(26)20-10-14-23(32)15-11-20)28(35)25(39-30)16-21-6-4-5-7-24(21)38-17-19-8-12-22(31)13-9-19/h4-16,27H,3,17H2,1-2H3/b25-16-/t27-/m1/s1. The number of nitrogens with zero attached hydrogens (tertiary/aromatic N) is 2. The van der Waals surface area contributed by atoms with Crippen LogP contribution in [0.5, 0.6) is 5.75 Å². The molecule has 6 nitrogen and oxygen atoms in total. The summed E-state index contributed by atoms with van der Waals surface area (Å²) in [5, 5.41) is 0. The van der Waals surface area contributed by atoms with E-state index in [0.29, 0.717) is 31.9 Å². The van der Waals surface area contributed by atoms with Crippen molar-refractivity contribution in [2.24, 2.45) is 4.99 Å². The Bertz CT molecular complexity index is 1740. The molecule has 0 spiro atoms. The van der Waals surface area contributed by atoms with Crippen molar-refractivity contribution in [3.05, 3.63) is 132 Å². The van der Waals surface area contributed by atoms with Gasteiger partial charge in [-0.15, -0.1) is 0 Å². The zero-order valence-electron chi connectivity index (χ0n) is 21.2. The molecule has 0 saturated carbocycles. The zero-order chi connectivity index (χ0) is 27.5. The molecule has 0 N–H and O–H groups in total. The number of halogens is 2. The molecule has 0 amide bonds. The van der Waals surface area contributed by atoms with Crippen molar-refractivity contribution in [2.75, 3.05) is 6.61 Å². The molecule has 0 aliphatic carbocycles. The highest BCUT2D eigenvalue weighted by molar-refractivity contribution is 7.07. The molecule has 0 bridgehead atoms. The Hall–Kier alpha value is -4.37. The molecular formula is C30H24F2N2O4S. The minimum atomic E-state index is -0.826. The minimum Gasteiger partial charge on any atom is -0.488 e. The number of hydrogen-bond donors (Lipinski definition) is 0.